The lowest BCUT2D eigenvalue weighted by Gasteiger charge is -2.15. The Morgan fingerprint density at radius 2 is 1.79 bits per heavy atom. The number of pyridine rings is 1. The molecule has 0 spiro atoms. The summed E-state index contributed by atoms with van der Waals surface area (Å²) in [4.78, 5) is 14.7. The molecule has 3 rings (SSSR count). The van der Waals surface area contributed by atoms with Crippen LogP contribution in [0.4, 0.5) is 0 Å². The third-order valence-electron chi connectivity index (χ3n) is 4.22. The van der Waals surface area contributed by atoms with Crippen LogP contribution in [0.1, 0.15) is 16.8 Å². The van der Waals surface area contributed by atoms with E-state index >= 15 is 0 Å². The molecule has 0 aliphatic heterocycles. The molecule has 148 valence electrons. The Bertz CT molecular complexity index is 1180. The Morgan fingerprint density at radius 3 is 2.45 bits per heavy atom. The summed E-state index contributed by atoms with van der Waals surface area (Å²) >= 11 is 18.6. The number of aromatic amines is 1. The highest BCUT2D eigenvalue weighted by atomic mass is 35.5. The van der Waals surface area contributed by atoms with Gasteiger partial charge in [0.05, 0.1) is 12.1 Å². The molecule has 0 bridgehead atoms. The predicted octanol–water partition coefficient (Wildman–Crippen LogP) is 5.77. The van der Waals surface area contributed by atoms with Crippen molar-refractivity contribution in [1.29, 1.82) is 5.26 Å². The number of methoxy groups -OCH3 is 1. The molecule has 0 aliphatic rings. The number of halogens is 3. The van der Waals surface area contributed by atoms with Gasteiger partial charge in [-0.3, -0.25) is 4.79 Å². The molecule has 0 atom stereocenters. The first-order valence-corrected chi connectivity index (χ1v) is 9.56. The van der Waals surface area contributed by atoms with E-state index in [9.17, 15) is 10.1 Å². The van der Waals surface area contributed by atoms with Crippen LogP contribution in [0, 0.1) is 18.3 Å². The van der Waals surface area contributed by atoms with Crippen molar-refractivity contribution in [3.63, 3.8) is 0 Å². The number of hydrogen-bond acceptors (Lipinski definition) is 4. The van der Waals surface area contributed by atoms with E-state index in [-0.39, 0.29) is 12.2 Å². The van der Waals surface area contributed by atoms with E-state index in [4.69, 9.17) is 44.3 Å². The van der Waals surface area contributed by atoms with Gasteiger partial charge in [0.2, 0.25) is 0 Å². The summed E-state index contributed by atoms with van der Waals surface area (Å²) in [7, 11) is 1.49. The van der Waals surface area contributed by atoms with Crippen LogP contribution in [0.2, 0.25) is 15.1 Å². The monoisotopic (exact) mass is 448 g/mol. The Morgan fingerprint density at radius 1 is 1.03 bits per heavy atom. The molecule has 0 fully saturated rings. The standard InChI is InChI=1S/C21H15Cl3N2O3/c1-11-5-14(16(9-25)21(27)26-11)15-7-19(28-2)20(8-18(15)24)29-10-12-3-4-13(22)6-17(12)23/h3-8H,10H2,1-2H3,(H,26,27). The van der Waals surface area contributed by atoms with Gasteiger partial charge in [-0.15, -0.1) is 0 Å². The first-order valence-electron chi connectivity index (χ1n) is 8.42. The van der Waals surface area contributed by atoms with Crippen LogP contribution in [-0.2, 0) is 6.61 Å². The maximum atomic E-state index is 12.1. The van der Waals surface area contributed by atoms with Crippen LogP contribution in [-0.4, -0.2) is 12.1 Å². The average molecular weight is 450 g/mol. The highest BCUT2D eigenvalue weighted by Gasteiger charge is 2.17. The summed E-state index contributed by atoms with van der Waals surface area (Å²) in [6, 6.07) is 12.0. The molecule has 0 aliphatic carbocycles. The third-order valence-corrected chi connectivity index (χ3v) is 5.12. The zero-order chi connectivity index (χ0) is 21.1. The number of aryl methyl sites for hydroxylation is 1. The van der Waals surface area contributed by atoms with Crippen LogP contribution in [0.5, 0.6) is 11.5 Å². The number of nitriles is 1. The summed E-state index contributed by atoms with van der Waals surface area (Å²) in [6.07, 6.45) is 0. The number of hydrogen-bond donors (Lipinski definition) is 1. The van der Waals surface area contributed by atoms with Crippen LogP contribution in [0.25, 0.3) is 11.1 Å². The molecule has 5 nitrogen and oxygen atoms in total. The second-order valence-electron chi connectivity index (χ2n) is 6.19. The molecule has 0 saturated heterocycles. The summed E-state index contributed by atoms with van der Waals surface area (Å²) in [5.41, 5.74) is 1.76. The van der Waals surface area contributed by atoms with Gasteiger partial charge in [0.15, 0.2) is 11.5 Å². The van der Waals surface area contributed by atoms with Crippen LogP contribution in [0.3, 0.4) is 0 Å². The van der Waals surface area contributed by atoms with Crippen molar-refractivity contribution in [3.8, 4) is 28.7 Å². The third kappa shape index (κ3) is 4.51. The lowest BCUT2D eigenvalue weighted by atomic mass is 10.0. The maximum Gasteiger partial charge on any atom is 0.266 e. The molecule has 0 amide bonds. The lowest BCUT2D eigenvalue weighted by molar-refractivity contribution is 0.284. The SMILES string of the molecule is COc1cc(-c2cc(C)[nH]c(=O)c2C#N)c(Cl)cc1OCc1ccc(Cl)cc1Cl. The smallest absolute Gasteiger partial charge is 0.266 e. The van der Waals surface area contributed by atoms with Crippen molar-refractivity contribution in [2.24, 2.45) is 0 Å². The van der Waals surface area contributed by atoms with E-state index in [0.29, 0.717) is 43.4 Å². The molecule has 1 aromatic heterocycles. The van der Waals surface area contributed by atoms with E-state index in [1.165, 1.54) is 7.11 Å². The van der Waals surface area contributed by atoms with Gasteiger partial charge in [0.25, 0.3) is 5.56 Å². The van der Waals surface area contributed by atoms with E-state index in [1.807, 2.05) is 6.07 Å². The Balaban J connectivity index is 2.01. The van der Waals surface area contributed by atoms with Gasteiger partial charge in [-0.1, -0.05) is 40.9 Å². The molecule has 0 unspecified atom stereocenters. The molecule has 29 heavy (non-hydrogen) atoms. The number of nitrogens with zero attached hydrogens (tertiary/aromatic N) is 1. The molecule has 1 heterocycles. The fourth-order valence-corrected chi connectivity index (χ4v) is 3.54. The minimum atomic E-state index is -0.477. The molecule has 1 N–H and O–H groups in total. The molecular weight excluding hydrogens is 435 g/mol. The van der Waals surface area contributed by atoms with Crippen LogP contribution >= 0.6 is 34.8 Å². The minimum Gasteiger partial charge on any atom is -0.493 e. The van der Waals surface area contributed by atoms with Crippen LogP contribution < -0.4 is 15.0 Å². The number of benzene rings is 2. The van der Waals surface area contributed by atoms with Gasteiger partial charge in [-0.05, 0) is 31.2 Å². The van der Waals surface area contributed by atoms with E-state index in [1.54, 1.807) is 43.3 Å². The maximum absolute atomic E-state index is 12.1. The van der Waals surface area contributed by atoms with Gasteiger partial charge in [-0.25, -0.2) is 0 Å². The van der Waals surface area contributed by atoms with Crippen molar-refractivity contribution < 1.29 is 9.47 Å². The van der Waals surface area contributed by atoms with Gasteiger partial charge in [0.1, 0.15) is 18.2 Å². The fraction of sp³-hybridized carbons (Fsp3) is 0.143. The highest BCUT2D eigenvalue weighted by Crippen LogP contribution is 2.39. The second kappa shape index (κ2) is 8.79. The highest BCUT2D eigenvalue weighted by molar-refractivity contribution is 6.35. The topological polar surface area (TPSA) is 75.1 Å². The fourth-order valence-electron chi connectivity index (χ4n) is 2.82. The predicted molar refractivity (Wildman–Crippen MR) is 114 cm³/mol. The first kappa shape index (κ1) is 21.1. The lowest BCUT2D eigenvalue weighted by Crippen LogP contribution is -2.12. The zero-order valence-electron chi connectivity index (χ0n) is 15.5. The number of ether oxygens (including phenoxy) is 2. The van der Waals surface area contributed by atoms with Gasteiger partial charge < -0.3 is 14.5 Å². The summed E-state index contributed by atoms with van der Waals surface area (Å²) in [6.45, 7) is 1.90. The van der Waals surface area contributed by atoms with E-state index in [0.717, 1.165) is 5.56 Å². The summed E-state index contributed by atoms with van der Waals surface area (Å²) < 4.78 is 11.3. The molecule has 2 aromatic carbocycles. The number of rotatable bonds is 5. The van der Waals surface area contributed by atoms with Crippen LogP contribution in [0.15, 0.2) is 41.2 Å². The first-order chi connectivity index (χ1) is 13.8. The van der Waals surface area contributed by atoms with Gasteiger partial charge >= 0.3 is 0 Å². The number of H-pyrrole nitrogens is 1. The average Bonchev–Trinajstić information content (AvgIpc) is 2.67. The zero-order valence-corrected chi connectivity index (χ0v) is 17.7. The molecular formula is C21H15Cl3N2O3. The Kier molecular flexibility index (Phi) is 6.39. The normalized spacial score (nSPS) is 10.5. The van der Waals surface area contributed by atoms with E-state index in [2.05, 4.69) is 4.98 Å². The quantitative estimate of drug-likeness (QED) is 0.536. The van der Waals surface area contributed by atoms with Gasteiger partial charge in [0, 0.05) is 38.5 Å². The second-order valence-corrected chi connectivity index (χ2v) is 7.44. The number of nitrogens with one attached hydrogen (secondary N) is 1. The van der Waals surface area contributed by atoms with Gasteiger partial charge in [-0.2, -0.15) is 5.26 Å². The molecule has 0 radical (unpaired) electrons. The van der Waals surface area contributed by atoms with Crippen molar-refractivity contribution in [2.75, 3.05) is 7.11 Å². The Hall–Kier alpha value is -2.65. The number of aromatic nitrogens is 1. The van der Waals surface area contributed by atoms with Crippen molar-refractivity contribution in [1.82, 2.24) is 4.98 Å². The van der Waals surface area contributed by atoms with Crippen molar-refractivity contribution in [2.45, 2.75) is 13.5 Å². The minimum absolute atomic E-state index is 0.0267. The van der Waals surface area contributed by atoms with E-state index < -0.39 is 5.56 Å². The van der Waals surface area contributed by atoms with Crippen molar-refractivity contribution in [3.05, 3.63) is 78.6 Å². The largest absolute Gasteiger partial charge is 0.493 e. The summed E-state index contributed by atoms with van der Waals surface area (Å²) in [5.74, 6) is 0.795. The Labute approximate surface area is 182 Å². The molecule has 3 aromatic rings. The summed E-state index contributed by atoms with van der Waals surface area (Å²) in [5, 5.41) is 10.7. The van der Waals surface area contributed by atoms with Crippen molar-refractivity contribution >= 4 is 34.8 Å². The molecule has 8 heteroatoms. The molecule has 0 saturated carbocycles.